The van der Waals surface area contributed by atoms with Gasteiger partial charge in [0.05, 0.1) is 11.1 Å². The quantitative estimate of drug-likeness (QED) is 0.660. The number of hydrogen-bond donors (Lipinski definition) is 3. The van der Waals surface area contributed by atoms with Gasteiger partial charge in [0.1, 0.15) is 5.82 Å². The Morgan fingerprint density at radius 3 is 2.53 bits per heavy atom. The third-order valence-electron chi connectivity index (χ3n) is 1.84. The van der Waals surface area contributed by atoms with E-state index in [0.717, 1.165) is 0 Å². The molecule has 1 amide bonds. The number of carbonyl (C=O) groups is 2. The number of aromatic nitrogens is 1. The van der Waals surface area contributed by atoms with Crippen molar-refractivity contribution in [1.29, 1.82) is 0 Å². The highest BCUT2D eigenvalue weighted by Crippen LogP contribution is 2.13. The molecule has 0 aromatic carbocycles. The molecule has 0 aliphatic carbocycles. The van der Waals surface area contributed by atoms with Crippen LogP contribution in [-0.2, 0) is 0 Å². The van der Waals surface area contributed by atoms with Crippen LogP contribution in [0.3, 0.4) is 0 Å². The predicted molar refractivity (Wildman–Crippen MR) is 54.1 cm³/mol. The molecule has 15 heavy (non-hydrogen) atoms. The molecule has 0 unspecified atom stereocenters. The second-order valence-corrected chi connectivity index (χ2v) is 2.75. The van der Waals surface area contributed by atoms with Crippen molar-refractivity contribution in [3.8, 4) is 0 Å². The molecule has 1 aromatic rings. The molecule has 1 aromatic heterocycles. The average Bonchev–Trinajstić information content (AvgIpc) is 2.27. The highest BCUT2D eigenvalue weighted by molar-refractivity contribution is 6.00. The van der Waals surface area contributed by atoms with E-state index in [1.807, 2.05) is 0 Å². The molecule has 80 valence electrons. The number of nitrogens with zero attached hydrogens (tertiary/aromatic N) is 1. The number of rotatable bonds is 3. The van der Waals surface area contributed by atoms with Crippen LogP contribution in [0.2, 0.25) is 0 Å². The molecular formula is C9H11N3O3. The van der Waals surface area contributed by atoms with Gasteiger partial charge in [-0.05, 0) is 6.07 Å². The van der Waals surface area contributed by atoms with Gasteiger partial charge in [0, 0.05) is 20.3 Å². The Morgan fingerprint density at radius 2 is 2.07 bits per heavy atom. The standard InChI is InChI=1S/C9H11N3O3/c1-10-7-6(8(13)11-2)3-5(4-12-7)9(14)15/h3-4H,1-2H3,(H,10,12)(H,11,13)(H,14,15). The molecule has 0 aliphatic rings. The minimum absolute atomic E-state index is 0.0207. The first-order chi connectivity index (χ1) is 7.10. The number of carboxylic acid groups (broad SMARTS) is 1. The van der Waals surface area contributed by atoms with Crippen molar-refractivity contribution in [2.45, 2.75) is 0 Å². The molecule has 3 N–H and O–H groups in total. The second-order valence-electron chi connectivity index (χ2n) is 2.75. The Bertz CT molecular complexity index is 404. The maximum absolute atomic E-state index is 11.4. The first kappa shape index (κ1) is 11.0. The number of carboxylic acids is 1. The molecule has 1 heterocycles. The van der Waals surface area contributed by atoms with Crippen molar-refractivity contribution < 1.29 is 14.7 Å². The number of carbonyl (C=O) groups excluding carboxylic acids is 1. The van der Waals surface area contributed by atoms with Crippen LogP contribution in [0.5, 0.6) is 0 Å². The lowest BCUT2D eigenvalue weighted by Crippen LogP contribution is -2.20. The zero-order valence-corrected chi connectivity index (χ0v) is 8.37. The van der Waals surface area contributed by atoms with Crippen LogP contribution in [-0.4, -0.2) is 36.1 Å². The van der Waals surface area contributed by atoms with Crippen LogP contribution in [0.1, 0.15) is 20.7 Å². The second kappa shape index (κ2) is 4.41. The first-order valence-corrected chi connectivity index (χ1v) is 4.23. The molecule has 0 atom stereocenters. The number of amides is 1. The highest BCUT2D eigenvalue weighted by atomic mass is 16.4. The topological polar surface area (TPSA) is 91.3 Å². The fourth-order valence-electron chi connectivity index (χ4n) is 1.09. The van der Waals surface area contributed by atoms with E-state index >= 15 is 0 Å². The summed E-state index contributed by atoms with van der Waals surface area (Å²) in [5.41, 5.74) is 0.188. The summed E-state index contributed by atoms with van der Waals surface area (Å²) in [6, 6.07) is 1.28. The zero-order valence-electron chi connectivity index (χ0n) is 8.37. The van der Waals surface area contributed by atoms with Gasteiger partial charge in [-0.15, -0.1) is 0 Å². The van der Waals surface area contributed by atoms with Crippen molar-refractivity contribution >= 4 is 17.7 Å². The van der Waals surface area contributed by atoms with E-state index in [-0.39, 0.29) is 17.0 Å². The molecule has 6 nitrogen and oxygen atoms in total. The summed E-state index contributed by atoms with van der Waals surface area (Å²) in [7, 11) is 3.07. The summed E-state index contributed by atoms with van der Waals surface area (Å²) in [5.74, 6) is -1.15. The Balaban J connectivity index is 3.25. The van der Waals surface area contributed by atoms with Gasteiger partial charge in [-0.1, -0.05) is 0 Å². The lowest BCUT2D eigenvalue weighted by molar-refractivity contribution is 0.0696. The number of nitrogens with one attached hydrogen (secondary N) is 2. The Labute approximate surface area is 86.3 Å². The molecule has 0 saturated heterocycles. The van der Waals surface area contributed by atoms with Gasteiger partial charge < -0.3 is 15.7 Å². The summed E-state index contributed by atoms with van der Waals surface area (Å²) >= 11 is 0. The van der Waals surface area contributed by atoms with Gasteiger partial charge in [-0.2, -0.15) is 0 Å². The summed E-state index contributed by atoms with van der Waals surface area (Å²) < 4.78 is 0. The van der Waals surface area contributed by atoms with E-state index in [1.54, 1.807) is 7.05 Å². The van der Waals surface area contributed by atoms with E-state index in [0.29, 0.717) is 5.82 Å². The summed E-state index contributed by atoms with van der Waals surface area (Å²) in [6.45, 7) is 0. The highest BCUT2D eigenvalue weighted by Gasteiger charge is 2.14. The maximum atomic E-state index is 11.4. The molecule has 1 rings (SSSR count). The fraction of sp³-hybridized carbons (Fsp3) is 0.222. The largest absolute Gasteiger partial charge is 0.478 e. The molecule has 0 spiro atoms. The molecule has 0 aliphatic heterocycles. The van der Waals surface area contributed by atoms with Crippen LogP contribution in [0.25, 0.3) is 0 Å². The summed E-state index contributed by atoms with van der Waals surface area (Å²) in [4.78, 5) is 25.9. The molecule has 0 saturated carbocycles. The first-order valence-electron chi connectivity index (χ1n) is 4.23. The Kier molecular flexibility index (Phi) is 3.22. The van der Waals surface area contributed by atoms with Gasteiger partial charge in [-0.25, -0.2) is 9.78 Å². The Morgan fingerprint density at radius 1 is 1.40 bits per heavy atom. The number of pyridine rings is 1. The molecule has 0 fully saturated rings. The third kappa shape index (κ3) is 2.22. The molecular weight excluding hydrogens is 198 g/mol. The van der Waals surface area contributed by atoms with Crippen LogP contribution in [0.4, 0.5) is 5.82 Å². The summed E-state index contributed by atoms with van der Waals surface area (Å²) in [6.07, 6.45) is 1.20. The maximum Gasteiger partial charge on any atom is 0.337 e. The van der Waals surface area contributed by atoms with Crippen molar-refractivity contribution in [2.75, 3.05) is 19.4 Å². The lowest BCUT2D eigenvalue weighted by Gasteiger charge is -2.07. The fourth-order valence-corrected chi connectivity index (χ4v) is 1.09. The number of aromatic carboxylic acids is 1. The van der Waals surface area contributed by atoms with Gasteiger partial charge >= 0.3 is 5.97 Å². The van der Waals surface area contributed by atoms with Gasteiger partial charge in [0.15, 0.2) is 0 Å². The van der Waals surface area contributed by atoms with E-state index in [9.17, 15) is 9.59 Å². The van der Waals surface area contributed by atoms with Crippen molar-refractivity contribution in [3.05, 3.63) is 23.4 Å². The summed E-state index contributed by atoms with van der Waals surface area (Å²) in [5, 5.41) is 13.9. The van der Waals surface area contributed by atoms with Gasteiger partial charge in [0.25, 0.3) is 5.91 Å². The molecule has 0 radical (unpaired) electrons. The van der Waals surface area contributed by atoms with Crippen LogP contribution in [0.15, 0.2) is 12.3 Å². The van der Waals surface area contributed by atoms with Crippen LogP contribution in [0, 0.1) is 0 Å². The normalized spacial score (nSPS) is 9.47. The predicted octanol–water partition coefficient (Wildman–Crippen LogP) is 0.181. The average molecular weight is 209 g/mol. The van der Waals surface area contributed by atoms with Crippen molar-refractivity contribution in [2.24, 2.45) is 0 Å². The van der Waals surface area contributed by atoms with Crippen LogP contribution < -0.4 is 10.6 Å². The van der Waals surface area contributed by atoms with Crippen LogP contribution >= 0.6 is 0 Å². The van der Waals surface area contributed by atoms with Gasteiger partial charge in [-0.3, -0.25) is 4.79 Å². The van der Waals surface area contributed by atoms with Crippen molar-refractivity contribution in [1.82, 2.24) is 10.3 Å². The van der Waals surface area contributed by atoms with Gasteiger partial charge in [0.2, 0.25) is 0 Å². The number of hydrogen-bond acceptors (Lipinski definition) is 4. The third-order valence-corrected chi connectivity index (χ3v) is 1.84. The zero-order chi connectivity index (χ0) is 11.4. The van der Waals surface area contributed by atoms with Crippen molar-refractivity contribution in [3.63, 3.8) is 0 Å². The monoisotopic (exact) mass is 209 g/mol. The molecule has 0 bridgehead atoms. The molecule has 6 heteroatoms. The minimum atomic E-state index is -1.12. The Hall–Kier alpha value is -2.11. The van der Waals surface area contributed by atoms with E-state index < -0.39 is 5.97 Å². The smallest absolute Gasteiger partial charge is 0.337 e. The minimum Gasteiger partial charge on any atom is -0.478 e. The van der Waals surface area contributed by atoms with E-state index in [2.05, 4.69) is 15.6 Å². The lowest BCUT2D eigenvalue weighted by atomic mass is 10.1. The van der Waals surface area contributed by atoms with E-state index in [4.69, 9.17) is 5.11 Å². The van der Waals surface area contributed by atoms with E-state index in [1.165, 1.54) is 19.3 Å². The SMILES string of the molecule is CNC(=O)c1cc(C(=O)O)cnc1NC. The number of anilines is 1.